The molecule has 0 saturated heterocycles. The molecule has 2 nitrogen and oxygen atoms in total. The number of oxazole rings is 1. The van der Waals surface area contributed by atoms with E-state index in [1.165, 1.54) is 5.56 Å². The molecular formula is C15H12BrNO. The van der Waals surface area contributed by atoms with Gasteiger partial charge in [0.1, 0.15) is 5.52 Å². The first-order valence-corrected chi connectivity index (χ1v) is 6.71. The first kappa shape index (κ1) is 11.5. The number of aromatic nitrogens is 1. The van der Waals surface area contributed by atoms with Crippen molar-refractivity contribution in [1.29, 1.82) is 0 Å². The van der Waals surface area contributed by atoms with Gasteiger partial charge in [-0.3, -0.25) is 0 Å². The topological polar surface area (TPSA) is 26.0 Å². The highest BCUT2D eigenvalue weighted by Crippen LogP contribution is 2.28. The Morgan fingerprint density at radius 1 is 1.17 bits per heavy atom. The van der Waals surface area contributed by atoms with Crippen LogP contribution >= 0.6 is 15.9 Å². The van der Waals surface area contributed by atoms with E-state index in [1.807, 2.05) is 36.4 Å². The van der Waals surface area contributed by atoms with Crippen LogP contribution in [0.3, 0.4) is 0 Å². The van der Waals surface area contributed by atoms with Crippen molar-refractivity contribution >= 4 is 27.0 Å². The molecule has 0 N–H and O–H groups in total. The fourth-order valence-electron chi connectivity index (χ4n) is 2.03. The minimum Gasteiger partial charge on any atom is -0.436 e. The zero-order valence-electron chi connectivity index (χ0n) is 9.98. The molecule has 0 spiro atoms. The largest absolute Gasteiger partial charge is 0.436 e. The molecule has 0 amide bonds. The number of para-hydroxylation sites is 1. The van der Waals surface area contributed by atoms with E-state index >= 15 is 0 Å². The lowest BCUT2D eigenvalue weighted by Crippen LogP contribution is -1.79. The van der Waals surface area contributed by atoms with Gasteiger partial charge in [0.15, 0.2) is 5.58 Å². The molecule has 1 aromatic heterocycles. The van der Waals surface area contributed by atoms with Gasteiger partial charge in [0.25, 0.3) is 0 Å². The summed E-state index contributed by atoms with van der Waals surface area (Å²) in [4.78, 5) is 4.55. The highest BCUT2D eigenvalue weighted by Gasteiger charge is 2.10. The average molecular weight is 302 g/mol. The lowest BCUT2D eigenvalue weighted by atomic mass is 10.1. The van der Waals surface area contributed by atoms with Crippen molar-refractivity contribution < 1.29 is 4.42 Å². The molecule has 0 bridgehead atoms. The Kier molecular flexibility index (Phi) is 2.92. The van der Waals surface area contributed by atoms with Crippen molar-refractivity contribution in [3.05, 3.63) is 52.5 Å². The summed E-state index contributed by atoms with van der Waals surface area (Å²) < 4.78 is 6.93. The molecule has 90 valence electrons. The maximum absolute atomic E-state index is 5.90. The van der Waals surface area contributed by atoms with Crippen LogP contribution in [0.1, 0.15) is 12.5 Å². The highest BCUT2D eigenvalue weighted by molar-refractivity contribution is 9.10. The van der Waals surface area contributed by atoms with Crippen LogP contribution in [0, 0.1) is 0 Å². The fraction of sp³-hybridized carbons (Fsp3) is 0.133. The molecule has 0 unspecified atom stereocenters. The quantitative estimate of drug-likeness (QED) is 0.678. The summed E-state index contributed by atoms with van der Waals surface area (Å²) in [5.41, 5.74) is 4.00. The maximum Gasteiger partial charge on any atom is 0.227 e. The molecule has 1 heterocycles. The van der Waals surface area contributed by atoms with Crippen LogP contribution in [-0.2, 0) is 6.42 Å². The standard InChI is InChI=1S/C15H12BrNO/c1-2-10-5-4-8-13-14(10)18-15(17-13)11-6-3-7-12(16)9-11/h3-9H,2H2,1H3. The SMILES string of the molecule is CCc1cccc2nc(-c3cccc(Br)c3)oc12. The second kappa shape index (κ2) is 4.58. The Labute approximate surface area is 114 Å². The van der Waals surface area contributed by atoms with E-state index in [1.54, 1.807) is 0 Å². The van der Waals surface area contributed by atoms with Crippen molar-refractivity contribution in [2.45, 2.75) is 13.3 Å². The summed E-state index contributed by atoms with van der Waals surface area (Å²) in [6.07, 6.45) is 0.949. The second-order valence-corrected chi connectivity index (χ2v) is 5.06. The van der Waals surface area contributed by atoms with Crippen molar-refractivity contribution in [3.8, 4) is 11.5 Å². The van der Waals surface area contributed by atoms with Crippen LogP contribution in [0.15, 0.2) is 51.4 Å². The van der Waals surface area contributed by atoms with Gasteiger partial charge in [-0.2, -0.15) is 0 Å². The third-order valence-electron chi connectivity index (χ3n) is 2.95. The van der Waals surface area contributed by atoms with Gasteiger partial charge < -0.3 is 4.42 Å². The number of fused-ring (bicyclic) bond motifs is 1. The monoisotopic (exact) mass is 301 g/mol. The second-order valence-electron chi connectivity index (χ2n) is 4.15. The van der Waals surface area contributed by atoms with Crippen LogP contribution in [0.2, 0.25) is 0 Å². The van der Waals surface area contributed by atoms with Crippen LogP contribution in [0.25, 0.3) is 22.6 Å². The third-order valence-corrected chi connectivity index (χ3v) is 3.44. The van der Waals surface area contributed by atoms with Gasteiger partial charge in [0.2, 0.25) is 5.89 Å². The summed E-state index contributed by atoms with van der Waals surface area (Å²) in [6.45, 7) is 2.12. The minimum absolute atomic E-state index is 0.673. The summed E-state index contributed by atoms with van der Waals surface area (Å²) >= 11 is 3.46. The molecule has 0 fully saturated rings. The minimum atomic E-state index is 0.673. The zero-order chi connectivity index (χ0) is 12.5. The van der Waals surface area contributed by atoms with E-state index in [0.29, 0.717) is 5.89 Å². The van der Waals surface area contributed by atoms with E-state index < -0.39 is 0 Å². The summed E-state index contributed by atoms with van der Waals surface area (Å²) in [5, 5.41) is 0. The van der Waals surface area contributed by atoms with Crippen molar-refractivity contribution in [2.75, 3.05) is 0 Å². The number of halogens is 1. The molecule has 18 heavy (non-hydrogen) atoms. The van der Waals surface area contributed by atoms with E-state index in [9.17, 15) is 0 Å². The van der Waals surface area contributed by atoms with Crippen LogP contribution in [-0.4, -0.2) is 4.98 Å². The van der Waals surface area contributed by atoms with Gasteiger partial charge in [0, 0.05) is 10.0 Å². The third kappa shape index (κ3) is 1.95. The maximum atomic E-state index is 5.90. The first-order chi connectivity index (χ1) is 8.78. The zero-order valence-corrected chi connectivity index (χ0v) is 11.6. The van der Waals surface area contributed by atoms with Crippen LogP contribution in [0.5, 0.6) is 0 Å². The molecule has 0 aliphatic rings. The fourth-order valence-corrected chi connectivity index (χ4v) is 2.43. The summed E-state index contributed by atoms with van der Waals surface area (Å²) in [7, 11) is 0. The lowest BCUT2D eigenvalue weighted by molar-refractivity contribution is 0.615. The van der Waals surface area contributed by atoms with E-state index in [2.05, 4.69) is 33.9 Å². The van der Waals surface area contributed by atoms with Crippen molar-refractivity contribution in [2.24, 2.45) is 0 Å². The molecule has 3 rings (SSSR count). The highest BCUT2D eigenvalue weighted by atomic mass is 79.9. The first-order valence-electron chi connectivity index (χ1n) is 5.92. The molecule has 3 aromatic rings. The summed E-state index contributed by atoms with van der Waals surface area (Å²) in [5.74, 6) is 0.673. The molecule has 0 atom stereocenters. The van der Waals surface area contributed by atoms with Crippen LogP contribution in [0.4, 0.5) is 0 Å². The van der Waals surface area contributed by atoms with E-state index in [-0.39, 0.29) is 0 Å². The number of nitrogens with zero attached hydrogens (tertiary/aromatic N) is 1. The van der Waals surface area contributed by atoms with E-state index in [0.717, 1.165) is 27.6 Å². The van der Waals surface area contributed by atoms with Crippen molar-refractivity contribution in [1.82, 2.24) is 4.98 Å². The van der Waals surface area contributed by atoms with Gasteiger partial charge in [-0.05, 0) is 36.2 Å². The smallest absolute Gasteiger partial charge is 0.227 e. The Morgan fingerprint density at radius 2 is 2.00 bits per heavy atom. The molecule has 0 aliphatic heterocycles. The normalized spacial score (nSPS) is 11.0. The number of hydrogen-bond donors (Lipinski definition) is 0. The van der Waals surface area contributed by atoms with Gasteiger partial charge >= 0.3 is 0 Å². The number of benzene rings is 2. The lowest BCUT2D eigenvalue weighted by Gasteiger charge is -1.96. The predicted molar refractivity (Wildman–Crippen MR) is 76.5 cm³/mol. The van der Waals surface area contributed by atoms with Gasteiger partial charge in [-0.1, -0.05) is 41.1 Å². The molecule has 3 heteroatoms. The Balaban J connectivity index is 2.19. The van der Waals surface area contributed by atoms with Crippen LogP contribution < -0.4 is 0 Å². The predicted octanol–water partition coefficient (Wildman–Crippen LogP) is 4.82. The molecule has 0 radical (unpaired) electrons. The molecule has 2 aromatic carbocycles. The Hall–Kier alpha value is -1.61. The molecule has 0 saturated carbocycles. The summed E-state index contributed by atoms with van der Waals surface area (Å²) in [6, 6.07) is 14.1. The van der Waals surface area contributed by atoms with Crippen molar-refractivity contribution in [3.63, 3.8) is 0 Å². The molecular weight excluding hydrogens is 290 g/mol. The van der Waals surface area contributed by atoms with Gasteiger partial charge in [0.05, 0.1) is 0 Å². The van der Waals surface area contributed by atoms with Gasteiger partial charge in [-0.15, -0.1) is 0 Å². The molecule has 0 aliphatic carbocycles. The Bertz CT molecular complexity index is 703. The number of aryl methyl sites for hydroxylation is 1. The van der Waals surface area contributed by atoms with E-state index in [4.69, 9.17) is 4.42 Å². The van der Waals surface area contributed by atoms with Gasteiger partial charge in [-0.25, -0.2) is 4.98 Å². The number of hydrogen-bond acceptors (Lipinski definition) is 2. The number of rotatable bonds is 2. The average Bonchev–Trinajstić information content (AvgIpc) is 2.82. The Morgan fingerprint density at radius 3 is 2.78 bits per heavy atom.